The number of likely N-dealkylation sites (N-methyl/N-ethyl adjacent to an activating group) is 1. The summed E-state index contributed by atoms with van der Waals surface area (Å²) in [6.45, 7) is 3.76. The quantitative estimate of drug-likeness (QED) is 0.342. The van der Waals surface area contributed by atoms with E-state index in [1.54, 1.807) is 22.1 Å². The minimum atomic E-state index is -0.179. The van der Waals surface area contributed by atoms with Crippen LogP contribution in [0.1, 0.15) is 16.0 Å². The summed E-state index contributed by atoms with van der Waals surface area (Å²) in [6, 6.07) is 7.81. The van der Waals surface area contributed by atoms with Crippen LogP contribution in [0, 0.1) is 6.92 Å². The molecule has 0 saturated heterocycles. The molecule has 0 bridgehead atoms. The predicted octanol–water partition coefficient (Wildman–Crippen LogP) is 3.93. The Morgan fingerprint density at radius 3 is 3.00 bits per heavy atom. The summed E-state index contributed by atoms with van der Waals surface area (Å²) in [5.41, 5.74) is 2.88. The first-order valence-electron chi connectivity index (χ1n) is 10.1. The third-order valence-corrected chi connectivity index (χ3v) is 8.04. The van der Waals surface area contributed by atoms with Gasteiger partial charge in [-0.15, -0.1) is 22.7 Å². The topological polar surface area (TPSA) is 80.1 Å². The molecule has 4 heterocycles. The summed E-state index contributed by atoms with van der Waals surface area (Å²) in [4.78, 5) is 39.4. The number of amides is 1. The molecule has 0 fully saturated rings. The summed E-state index contributed by atoms with van der Waals surface area (Å²) in [7, 11) is 2.09. The minimum Gasteiger partial charge on any atom is -0.301 e. The Labute approximate surface area is 197 Å². The van der Waals surface area contributed by atoms with Gasteiger partial charge in [0.25, 0.3) is 5.56 Å². The molecule has 5 rings (SSSR count). The highest BCUT2D eigenvalue weighted by Crippen LogP contribution is 2.34. The normalized spacial score (nSPS) is 13.9. The molecule has 1 aliphatic rings. The average molecular weight is 484 g/mol. The van der Waals surface area contributed by atoms with Crippen LogP contribution in [0.15, 0.2) is 45.8 Å². The van der Waals surface area contributed by atoms with Crippen LogP contribution in [-0.2, 0) is 17.8 Å². The second-order valence-electron chi connectivity index (χ2n) is 7.72. The monoisotopic (exact) mass is 483 g/mol. The smallest absolute Gasteiger partial charge is 0.267 e. The van der Waals surface area contributed by atoms with Crippen molar-refractivity contribution < 1.29 is 4.79 Å². The van der Waals surface area contributed by atoms with Gasteiger partial charge >= 0.3 is 0 Å². The van der Waals surface area contributed by atoms with Gasteiger partial charge < -0.3 is 10.2 Å². The van der Waals surface area contributed by atoms with Crippen molar-refractivity contribution in [1.82, 2.24) is 19.4 Å². The fraction of sp³-hybridized carbons (Fsp3) is 0.273. The third kappa shape index (κ3) is 4.11. The molecule has 164 valence electrons. The largest absolute Gasteiger partial charge is 0.301 e. The second-order valence-corrected chi connectivity index (χ2v) is 10.6. The van der Waals surface area contributed by atoms with Gasteiger partial charge in [0.15, 0.2) is 10.3 Å². The van der Waals surface area contributed by atoms with E-state index in [1.165, 1.54) is 28.0 Å². The third-order valence-electron chi connectivity index (χ3n) is 5.31. The molecule has 3 aromatic heterocycles. The number of carbonyl (C=O) groups excluding carboxylic acids is 1. The van der Waals surface area contributed by atoms with Crippen LogP contribution in [0.5, 0.6) is 0 Å². The number of carbonyl (C=O) groups is 1. The molecule has 0 atom stereocenters. The maximum absolute atomic E-state index is 13.8. The molecular formula is C22H21N5O2S3. The number of anilines is 1. The van der Waals surface area contributed by atoms with Crippen molar-refractivity contribution in [2.24, 2.45) is 0 Å². The van der Waals surface area contributed by atoms with Crippen LogP contribution in [0.3, 0.4) is 0 Å². The van der Waals surface area contributed by atoms with E-state index in [9.17, 15) is 9.59 Å². The highest BCUT2D eigenvalue weighted by atomic mass is 32.2. The van der Waals surface area contributed by atoms with Gasteiger partial charge in [-0.25, -0.2) is 9.97 Å². The van der Waals surface area contributed by atoms with Crippen LogP contribution in [0.2, 0.25) is 0 Å². The van der Waals surface area contributed by atoms with E-state index in [4.69, 9.17) is 4.98 Å². The predicted molar refractivity (Wildman–Crippen MR) is 131 cm³/mol. The molecule has 4 aromatic rings. The Bertz CT molecular complexity index is 1360. The highest BCUT2D eigenvalue weighted by Gasteiger charge is 2.24. The lowest BCUT2D eigenvalue weighted by Crippen LogP contribution is -2.27. The minimum absolute atomic E-state index is 0.0644. The number of fused-ring (bicyclic) bond motifs is 3. The van der Waals surface area contributed by atoms with Crippen molar-refractivity contribution in [2.75, 3.05) is 24.7 Å². The maximum atomic E-state index is 13.8. The number of thiophene rings is 1. The fourth-order valence-electron chi connectivity index (χ4n) is 3.81. The first-order chi connectivity index (χ1) is 15.5. The van der Waals surface area contributed by atoms with E-state index < -0.39 is 0 Å². The molecule has 10 heteroatoms. The zero-order chi connectivity index (χ0) is 22.2. The highest BCUT2D eigenvalue weighted by molar-refractivity contribution is 7.99. The average Bonchev–Trinajstić information content (AvgIpc) is 3.39. The van der Waals surface area contributed by atoms with Gasteiger partial charge in [-0.2, -0.15) is 0 Å². The zero-order valence-corrected chi connectivity index (χ0v) is 20.1. The van der Waals surface area contributed by atoms with Crippen LogP contribution in [0.4, 0.5) is 5.13 Å². The summed E-state index contributed by atoms with van der Waals surface area (Å²) in [5, 5.41) is 6.40. The van der Waals surface area contributed by atoms with Crippen molar-refractivity contribution in [2.45, 2.75) is 25.0 Å². The van der Waals surface area contributed by atoms with Crippen molar-refractivity contribution >= 4 is 55.7 Å². The molecule has 0 saturated carbocycles. The van der Waals surface area contributed by atoms with Gasteiger partial charge in [-0.3, -0.25) is 14.2 Å². The van der Waals surface area contributed by atoms with E-state index in [1.807, 2.05) is 36.6 Å². The van der Waals surface area contributed by atoms with E-state index >= 15 is 0 Å². The van der Waals surface area contributed by atoms with E-state index in [-0.39, 0.29) is 17.2 Å². The number of benzene rings is 1. The molecule has 0 unspecified atom stereocenters. The summed E-state index contributed by atoms with van der Waals surface area (Å²) in [6.07, 6.45) is 2.49. The number of thiazole rings is 1. The van der Waals surface area contributed by atoms with E-state index in [0.29, 0.717) is 10.3 Å². The van der Waals surface area contributed by atoms with Crippen LogP contribution >= 0.6 is 34.4 Å². The number of aromatic nitrogens is 3. The Morgan fingerprint density at radius 1 is 1.34 bits per heavy atom. The van der Waals surface area contributed by atoms with Crippen molar-refractivity contribution in [3.8, 4) is 5.69 Å². The molecule has 1 N–H and O–H groups in total. The lowest BCUT2D eigenvalue weighted by molar-refractivity contribution is -0.113. The molecule has 1 aromatic carbocycles. The molecule has 1 amide bonds. The molecule has 0 radical (unpaired) electrons. The SMILES string of the molecule is Cc1cccc(-n2c(SCC(=O)Nc3nccs3)nc3sc4c(c3c2=O)CCN(C)C4)c1. The number of hydrogen-bond acceptors (Lipinski definition) is 8. The van der Waals surface area contributed by atoms with Crippen molar-refractivity contribution in [1.29, 1.82) is 0 Å². The van der Waals surface area contributed by atoms with Crippen LogP contribution in [0.25, 0.3) is 15.9 Å². The number of nitrogens with one attached hydrogen (secondary N) is 1. The van der Waals surface area contributed by atoms with Gasteiger partial charge in [0, 0.05) is 29.5 Å². The second kappa shape index (κ2) is 8.78. The summed E-state index contributed by atoms with van der Waals surface area (Å²) >= 11 is 4.22. The zero-order valence-electron chi connectivity index (χ0n) is 17.6. The fourth-order valence-corrected chi connectivity index (χ4v) is 6.51. The molecule has 7 nitrogen and oxygen atoms in total. The summed E-state index contributed by atoms with van der Waals surface area (Å²) < 4.78 is 1.65. The van der Waals surface area contributed by atoms with Gasteiger partial charge in [-0.05, 0) is 43.7 Å². The number of rotatable bonds is 5. The number of hydrogen-bond donors (Lipinski definition) is 1. The standard InChI is InChI=1S/C22H21N5O2S3/c1-13-4-3-5-14(10-13)27-20(29)18-15-6-8-26(2)11-16(15)32-19(18)25-22(27)31-12-17(28)24-21-23-7-9-30-21/h3-5,7,9-10H,6,8,11-12H2,1-2H3,(H,23,24,28). The first kappa shape index (κ1) is 21.3. The van der Waals surface area contributed by atoms with Gasteiger partial charge in [0.05, 0.1) is 16.8 Å². The Kier molecular flexibility index (Phi) is 5.85. The van der Waals surface area contributed by atoms with Crippen LogP contribution in [-0.4, -0.2) is 44.7 Å². The van der Waals surface area contributed by atoms with Crippen LogP contribution < -0.4 is 10.9 Å². The van der Waals surface area contributed by atoms with Gasteiger partial charge in [0.2, 0.25) is 5.91 Å². The molecule has 0 aliphatic carbocycles. The lowest BCUT2D eigenvalue weighted by atomic mass is 10.1. The molecule has 32 heavy (non-hydrogen) atoms. The molecular weight excluding hydrogens is 462 g/mol. The molecule has 0 spiro atoms. The first-order valence-corrected chi connectivity index (χ1v) is 12.8. The van der Waals surface area contributed by atoms with E-state index in [0.717, 1.165) is 46.5 Å². The lowest BCUT2D eigenvalue weighted by Gasteiger charge is -2.21. The van der Waals surface area contributed by atoms with Gasteiger partial charge in [-0.1, -0.05) is 23.9 Å². The number of nitrogens with zero attached hydrogens (tertiary/aromatic N) is 4. The van der Waals surface area contributed by atoms with Gasteiger partial charge in [0.1, 0.15) is 4.83 Å². The Morgan fingerprint density at radius 2 is 2.22 bits per heavy atom. The maximum Gasteiger partial charge on any atom is 0.267 e. The number of thioether (sulfide) groups is 1. The summed E-state index contributed by atoms with van der Waals surface area (Å²) in [5.74, 6) is -0.0424. The molecule has 1 aliphatic heterocycles. The van der Waals surface area contributed by atoms with Crippen molar-refractivity contribution in [3.63, 3.8) is 0 Å². The van der Waals surface area contributed by atoms with Crippen molar-refractivity contribution in [3.05, 3.63) is 62.2 Å². The van der Waals surface area contributed by atoms with E-state index in [2.05, 4.69) is 22.2 Å². The Balaban J connectivity index is 1.58. The Hall–Kier alpha value is -2.53. The number of aryl methyl sites for hydroxylation is 1.